The maximum atomic E-state index is 12.4. The smallest absolute Gasteiger partial charge is 0.273 e. The van der Waals surface area contributed by atoms with Crippen LogP contribution in [0.15, 0.2) is 53.4 Å². The molecule has 0 atom stereocenters. The molecule has 8 nitrogen and oxygen atoms in total. The predicted molar refractivity (Wildman–Crippen MR) is 106 cm³/mol. The summed E-state index contributed by atoms with van der Waals surface area (Å²) in [5, 5.41) is 14.8. The number of nitrogens with one attached hydrogen (secondary N) is 2. The van der Waals surface area contributed by atoms with Gasteiger partial charge in [-0.3, -0.25) is 9.89 Å². The third-order valence-corrected chi connectivity index (χ3v) is 5.14. The Morgan fingerprint density at radius 1 is 1.18 bits per heavy atom. The minimum atomic E-state index is -3.97. The highest BCUT2D eigenvalue weighted by molar-refractivity contribution is 7.89. The van der Waals surface area contributed by atoms with Crippen LogP contribution in [0.1, 0.15) is 23.0 Å². The molecule has 28 heavy (non-hydrogen) atoms. The monoisotopic (exact) mass is 400 g/mol. The van der Waals surface area contributed by atoms with E-state index in [1.807, 2.05) is 24.3 Å². The van der Waals surface area contributed by atoms with Crippen LogP contribution in [0.25, 0.3) is 11.3 Å². The number of sulfonamides is 1. The maximum absolute atomic E-state index is 12.4. The first-order chi connectivity index (χ1) is 13.3. The van der Waals surface area contributed by atoms with Crippen molar-refractivity contribution < 1.29 is 17.9 Å². The van der Waals surface area contributed by atoms with Gasteiger partial charge in [0, 0.05) is 11.3 Å². The third-order valence-electron chi connectivity index (χ3n) is 4.21. The number of aromatic amines is 1. The molecule has 3 rings (SSSR count). The van der Waals surface area contributed by atoms with Crippen LogP contribution in [0, 0.1) is 0 Å². The van der Waals surface area contributed by atoms with Gasteiger partial charge in [-0.05, 0) is 48.4 Å². The van der Waals surface area contributed by atoms with E-state index < -0.39 is 10.0 Å². The maximum Gasteiger partial charge on any atom is 0.273 e. The van der Waals surface area contributed by atoms with Crippen molar-refractivity contribution in [3.05, 3.63) is 59.8 Å². The molecule has 0 saturated heterocycles. The summed E-state index contributed by atoms with van der Waals surface area (Å²) < 4.78 is 28.6. The average molecular weight is 400 g/mol. The molecule has 2 aromatic carbocycles. The molecule has 0 saturated carbocycles. The molecule has 1 amide bonds. The summed E-state index contributed by atoms with van der Waals surface area (Å²) in [5.74, 6) is -0.224. The minimum absolute atomic E-state index is 0.135. The van der Waals surface area contributed by atoms with Crippen LogP contribution >= 0.6 is 0 Å². The van der Waals surface area contributed by atoms with Crippen molar-refractivity contribution >= 4 is 21.6 Å². The number of nitrogens with two attached hydrogens (primary N) is 1. The number of carbonyl (C=O) groups excluding carboxylic acids is 1. The lowest BCUT2D eigenvalue weighted by molar-refractivity contribution is 0.102. The van der Waals surface area contributed by atoms with Crippen LogP contribution in [0.4, 0.5) is 5.69 Å². The van der Waals surface area contributed by atoms with Crippen LogP contribution in [0.5, 0.6) is 5.75 Å². The normalized spacial score (nSPS) is 11.2. The summed E-state index contributed by atoms with van der Waals surface area (Å²) in [7, 11) is -2.62. The van der Waals surface area contributed by atoms with E-state index in [2.05, 4.69) is 22.4 Å². The van der Waals surface area contributed by atoms with Gasteiger partial charge in [0.05, 0.1) is 12.8 Å². The van der Waals surface area contributed by atoms with Gasteiger partial charge in [0.25, 0.3) is 5.91 Å². The first kappa shape index (κ1) is 19.6. The summed E-state index contributed by atoms with van der Waals surface area (Å²) in [6.45, 7) is 2.06. The van der Waals surface area contributed by atoms with Crippen LogP contribution in [-0.2, 0) is 16.4 Å². The number of methoxy groups -OCH3 is 1. The molecule has 9 heteroatoms. The zero-order valence-electron chi connectivity index (χ0n) is 15.4. The van der Waals surface area contributed by atoms with Crippen molar-refractivity contribution in [2.45, 2.75) is 18.2 Å². The number of H-pyrrole nitrogens is 1. The highest BCUT2D eigenvalue weighted by atomic mass is 32.2. The van der Waals surface area contributed by atoms with Gasteiger partial charge in [0.2, 0.25) is 10.0 Å². The zero-order valence-corrected chi connectivity index (χ0v) is 16.2. The van der Waals surface area contributed by atoms with Crippen LogP contribution in [0.2, 0.25) is 0 Å². The van der Waals surface area contributed by atoms with Crippen molar-refractivity contribution in [1.29, 1.82) is 0 Å². The lowest BCUT2D eigenvalue weighted by atomic mass is 10.1. The number of carbonyl (C=O) groups is 1. The van der Waals surface area contributed by atoms with Crippen molar-refractivity contribution in [2.24, 2.45) is 5.14 Å². The number of primary sulfonamides is 1. The molecule has 0 unspecified atom stereocenters. The molecule has 1 heterocycles. The van der Waals surface area contributed by atoms with E-state index in [9.17, 15) is 13.2 Å². The summed E-state index contributed by atoms with van der Waals surface area (Å²) in [5.41, 5.74) is 2.96. The highest BCUT2D eigenvalue weighted by Gasteiger charge is 2.18. The Balaban J connectivity index is 1.84. The van der Waals surface area contributed by atoms with Crippen molar-refractivity contribution in [2.75, 3.05) is 12.4 Å². The number of anilines is 1. The number of rotatable bonds is 6. The fraction of sp³-hybridized carbons (Fsp3) is 0.158. The molecular formula is C19H20N4O4S. The number of hydrogen-bond donors (Lipinski definition) is 3. The number of aryl methyl sites for hydroxylation is 1. The van der Waals surface area contributed by atoms with E-state index in [1.165, 1.54) is 30.9 Å². The van der Waals surface area contributed by atoms with Gasteiger partial charge in [-0.25, -0.2) is 13.6 Å². The Bertz CT molecular complexity index is 1110. The van der Waals surface area contributed by atoms with Crippen LogP contribution in [-0.4, -0.2) is 31.6 Å². The highest BCUT2D eigenvalue weighted by Crippen LogP contribution is 2.28. The SMILES string of the molecule is CCc1ccc(NC(=O)c2cc(-c3ccc(OC)c(S(N)(=O)=O)c3)n[nH]2)cc1. The summed E-state index contributed by atoms with van der Waals surface area (Å²) >= 11 is 0. The van der Waals surface area contributed by atoms with Crippen LogP contribution < -0.4 is 15.2 Å². The Labute approximate surface area is 162 Å². The molecule has 0 radical (unpaired) electrons. The first-order valence-electron chi connectivity index (χ1n) is 8.48. The fourth-order valence-corrected chi connectivity index (χ4v) is 3.39. The third kappa shape index (κ3) is 4.21. The van der Waals surface area contributed by atoms with E-state index in [0.717, 1.165) is 6.42 Å². The van der Waals surface area contributed by atoms with E-state index in [-0.39, 0.29) is 22.2 Å². The molecular weight excluding hydrogens is 380 g/mol. The number of benzene rings is 2. The average Bonchev–Trinajstić information content (AvgIpc) is 3.18. The lowest BCUT2D eigenvalue weighted by Crippen LogP contribution is -2.13. The van der Waals surface area contributed by atoms with Crippen molar-refractivity contribution in [3.8, 4) is 17.0 Å². The summed E-state index contributed by atoms with van der Waals surface area (Å²) in [6, 6.07) is 13.6. The molecule has 1 aromatic heterocycles. The number of ether oxygens (including phenoxy) is 1. The molecule has 0 aliphatic rings. The fourth-order valence-electron chi connectivity index (χ4n) is 2.67. The van der Waals surface area contributed by atoms with E-state index in [4.69, 9.17) is 9.88 Å². The van der Waals surface area contributed by atoms with Crippen molar-refractivity contribution in [3.63, 3.8) is 0 Å². The molecule has 4 N–H and O–H groups in total. The number of hydrogen-bond acceptors (Lipinski definition) is 5. The Morgan fingerprint density at radius 3 is 2.50 bits per heavy atom. The summed E-state index contributed by atoms with van der Waals surface area (Å²) in [6.07, 6.45) is 0.917. The number of nitrogens with zero attached hydrogens (tertiary/aromatic N) is 1. The van der Waals surface area contributed by atoms with E-state index >= 15 is 0 Å². The van der Waals surface area contributed by atoms with Gasteiger partial charge < -0.3 is 10.1 Å². The molecule has 0 aliphatic heterocycles. The van der Waals surface area contributed by atoms with Gasteiger partial charge in [0.15, 0.2) is 0 Å². The second-order valence-corrected chi connectivity index (χ2v) is 7.61. The summed E-state index contributed by atoms with van der Waals surface area (Å²) in [4.78, 5) is 12.3. The minimum Gasteiger partial charge on any atom is -0.495 e. The number of aromatic nitrogens is 2. The topological polar surface area (TPSA) is 127 Å². The second kappa shape index (κ2) is 7.83. The Kier molecular flexibility index (Phi) is 5.48. The van der Waals surface area contributed by atoms with Gasteiger partial charge in [0.1, 0.15) is 16.3 Å². The predicted octanol–water partition coefficient (Wildman–Crippen LogP) is 2.55. The van der Waals surface area contributed by atoms with Crippen LogP contribution in [0.3, 0.4) is 0 Å². The van der Waals surface area contributed by atoms with Gasteiger partial charge in [-0.15, -0.1) is 0 Å². The standard InChI is InChI=1S/C19H20N4O4S/c1-3-12-4-7-14(8-5-12)21-19(24)16-11-15(22-23-16)13-6-9-17(27-2)18(10-13)28(20,25)26/h4-11H,3H2,1-2H3,(H,21,24)(H,22,23)(H2,20,25,26). The molecule has 146 valence electrons. The van der Waals surface area contributed by atoms with Gasteiger partial charge >= 0.3 is 0 Å². The van der Waals surface area contributed by atoms with Gasteiger partial charge in [-0.1, -0.05) is 19.1 Å². The molecule has 0 spiro atoms. The Morgan fingerprint density at radius 2 is 1.89 bits per heavy atom. The number of amides is 1. The second-order valence-electron chi connectivity index (χ2n) is 6.08. The van der Waals surface area contributed by atoms with E-state index in [0.29, 0.717) is 16.9 Å². The largest absolute Gasteiger partial charge is 0.495 e. The molecule has 0 aliphatic carbocycles. The van der Waals surface area contributed by atoms with Crippen molar-refractivity contribution in [1.82, 2.24) is 10.2 Å². The quantitative estimate of drug-likeness (QED) is 0.586. The lowest BCUT2D eigenvalue weighted by Gasteiger charge is -2.07. The molecule has 0 bridgehead atoms. The zero-order chi connectivity index (χ0) is 20.3. The van der Waals surface area contributed by atoms with Gasteiger partial charge in [-0.2, -0.15) is 5.10 Å². The van der Waals surface area contributed by atoms with E-state index in [1.54, 1.807) is 6.07 Å². The Hall–Kier alpha value is -3.17. The molecule has 0 fully saturated rings. The first-order valence-corrected chi connectivity index (χ1v) is 10.0. The molecule has 3 aromatic rings.